The number of terminal acetylenes is 1. The molecule has 0 saturated carbocycles. The van der Waals surface area contributed by atoms with Crippen LogP contribution < -0.4 is 0 Å². The van der Waals surface area contributed by atoms with Gasteiger partial charge in [-0.15, -0.1) is 6.42 Å². The third-order valence-corrected chi connectivity index (χ3v) is 1.69. The summed E-state index contributed by atoms with van der Waals surface area (Å²) in [4.78, 5) is 11.0. The van der Waals surface area contributed by atoms with Gasteiger partial charge in [-0.25, -0.2) is 0 Å². The second kappa shape index (κ2) is 5.31. The molecule has 0 heterocycles. The third kappa shape index (κ3) is 3.71. The number of hydrogen-bond acceptors (Lipinski definition) is 1. The molecule has 0 bridgehead atoms. The average Bonchev–Trinajstić information content (AvgIpc) is 2.11. The maximum Gasteiger partial charge on any atom is 0.183 e. The minimum atomic E-state index is -0.791. The topological polar surface area (TPSA) is 17.1 Å². The van der Waals surface area contributed by atoms with Crippen LogP contribution in [0, 0.1) is 12.3 Å². The molecule has 0 unspecified atom stereocenters. The summed E-state index contributed by atoms with van der Waals surface area (Å²) in [5, 5.41) is 0. The molecule has 70 valence electrons. The molecule has 0 aromatic rings. The molecule has 0 radical (unpaired) electrons. The highest BCUT2D eigenvalue weighted by Gasteiger charge is 2.06. The average molecular weight is 180 g/mol. The predicted molar refractivity (Wildman–Crippen MR) is 51.7 cm³/mol. The summed E-state index contributed by atoms with van der Waals surface area (Å²) in [7, 11) is 0. The van der Waals surface area contributed by atoms with Crippen molar-refractivity contribution in [2.45, 2.75) is 27.2 Å². The highest BCUT2D eigenvalue weighted by Crippen LogP contribution is 2.12. The molecule has 0 amide bonds. The van der Waals surface area contributed by atoms with Gasteiger partial charge in [0.25, 0.3) is 0 Å². The number of allylic oxidation sites excluding steroid dienone is 4. The minimum Gasteiger partial charge on any atom is -0.294 e. The van der Waals surface area contributed by atoms with Crippen molar-refractivity contribution < 1.29 is 9.18 Å². The first-order chi connectivity index (χ1) is 6.02. The molecule has 2 heteroatoms. The number of rotatable bonds is 3. The summed E-state index contributed by atoms with van der Waals surface area (Å²) in [6.07, 6.45) is 7.13. The van der Waals surface area contributed by atoms with Crippen LogP contribution in [0.4, 0.5) is 4.39 Å². The van der Waals surface area contributed by atoms with E-state index in [0.29, 0.717) is 0 Å². The van der Waals surface area contributed by atoms with Crippen molar-refractivity contribution in [1.29, 1.82) is 0 Å². The fourth-order valence-corrected chi connectivity index (χ4v) is 0.746. The molecule has 0 aliphatic carbocycles. The Labute approximate surface area is 78.3 Å². The minimum absolute atomic E-state index is 0.0122. The number of carbonyl (C=O) groups excluding carboxylic acids is 1. The highest BCUT2D eigenvalue weighted by atomic mass is 19.1. The van der Waals surface area contributed by atoms with E-state index in [1.165, 1.54) is 13.0 Å². The molecule has 0 aromatic carbocycles. The number of halogens is 1. The molecule has 0 N–H and O–H groups in total. The standard InChI is InChI=1S/C11H13FO/c1-5-8(3)7-10(9(4)13)11(12)6-2/h2,7H,5H2,1,3-4H3/b8-7+,11-10-. The highest BCUT2D eigenvalue weighted by molar-refractivity contribution is 5.97. The molecular formula is C11H13FO. The number of carbonyl (C=O) groups is 1. The lowest BCUT2D eigenvalue weighted by molar-refractivity contribution is -0.113. The lowest BCUT2D eigenvalue weighted by atomic mass is 10.1. The Hall–Kier alpha value is -1.36. The lowest BCUT2D eigenvalue weighted by Gasteiger charge is -1.98. The smallest absolute Gasteiger partial charge is 0.183 e. The van der Waals surface area contributed by atoms with Gasteiger partial charge in [-0.2, -0.15) is 4.39 Å². The summed E-state index contributed by atoms with van der Waals surface area (Å²) >= 11 is 0. The van der Waals surface area contributed by atoms with Gasteiger partial charge in [0.2, 0.25) is 0 Å². The Kier molecular flexibility index (Phi) is 4.76. The number of ketones is 1. The summed E-state index contributed by atoms with van der Waals surface area (Å²) < 4.78 is 12.9. The van der Waals surface area contributed by atoms with Crippen LogP contribution in [0.3, 0.4) is 0 Å². The Bertz CT molecular complexity index is 303. The first kappa shape index (κ1) is 11.6. The molecule has 0 aromatic heterocycles. The van der Waals surface area contributed by atoms with Crippen molar-refractivity contribution in [2.24, 2.45) is 0 Å². The zero-order chi connectivity index (χ0) is 10.4. The van der Waals surface area contributed by atoms with Crippen molar-refractivity contribution in [3.8, 4) is 12.3 Å². The van der Waals surface area contributed by atoms with Crippen LogP contribution in [0.2, 0.25) is 0 Å². The van der Waals surface area contributed by atoms with Gasteiger partial charge in [-0.1, -0.05) is 12.5 Å². The number of Topliss-reactive ketones (excluding diaryl/α,β-unsaturated/α-hetero) is 1. The van der Waals surface area contributed by atoms with E-state index < -0.39 is 5.83 Å². The van der Waals surface area contributed by atoms with E-state index in [2.05, 4.69) is 0 Å². The van der Waals surface area contributed by atoms with E-state index in [0.717, 1.165) is 12.0 Å². The molecule has 13 heavy (non-hydrogen) atoms. The quantitative estimate of drug-likeness (QED) is 0.371. The maximum atomic E-state index is 12.9. The van der Waals surface area contributed by atoms with Crippen LogP contribution in [-0.2, 0) is 4.79 Å². The molecule has 0 aliphatic rings. The van der Waals surface area contributed by atoms with Crippen LogP contribution in [0.25, 0.3) is 0 Å². The number of hydrogen-bond donors (Lipinski definition) is 0. The normalized spacial score (nSPS) is 13.3. The first-order valence-electron chi connectivity index (χ1n) is 4.07. The largest absolute Gasteiger partial charge is 0.294 e. The molecule has 0 atom stereocenters. The zero-order valence-electron chi connectivity index (χ0n) is 8.15. The van der Waals surface area contributed by atoms with Crippen LogP contribution in [-0.4, -0.2) is 5.78 Å². The van der Waals surface area contributed by atoms with E-state index in [9.17, 15) is 9.18 Å². The molecule has 0 spiro atoms. The van der Waals surface area contributed by atoms with Crippen molar-refractivity contribution in [3.05, 3.63) is 23.0 Å². The fraction of sp³-hybridized carbons (Fsp3) is 0.364. The summed E-state index contributed by atoms with van der Waals surface area (Å²) in [5.41, 5.74) is 0.914. The molecule has 0 fully saturated rings. The zero-order valence-corrected chi connectivity index (χ0v) is 8.15. The Morgan fingerprint density at radius 3 is 2.38 bits per heavy atom. The van der Waals surface area contributed by atoms with Gasteiger partial charge >= 0.3 is 0 Å². The summed E-state index contributed by atoms with van der Waals surface area (Å²) in [6.45, 7) is 5.05. The van der Waals surface area contributed by atoms with E-state index >= 15 is 0 Å². The SMILES string of the molecule is C#C/C(F)=C(\C=C(/C)CC)C(C)=O. The Balaban J connectivity index is 5.10. The second-order valence-electron chi connectivity index (χ2n) is 2.77. The van der Waals surface area contributed by atoms with E-state index in [1.54, 1.807) is 0 Å². The summed E-state index contributed by atoms with van der Waals surface area (Å²) in [5.74, 6) is 0.688. The van der Waals surface area contributed by atoms with Gasteiger partial charge in [-0.05, 0) is 32.3 Å². The van der Waals surface area contributed by atoms with Crippen molar-refractivity contribution in [1.82, 2.24) is 0 Å². The third-order valence-electron chi connectivity index (χ3n) is 1.69. The van der Waals surface area contributed by atoms with Gasteiger partial charge < -0.3 is 0 Å². The predicted octanol–water partition coefficient (Wildman–Crippen LogP) is 2.79. The molecule has 1 nitrogen and oxygen atoms in total. The second-order valence-corrected chi connectivity index (χ2v) is 2.77. The van der Waals surface area contributed by atoms with Crippen LogP contribution in [0.15, 0.2) is 23.0 Å². The van der Waals surface area contributed by atoms with Crippen LogP contribution in [0.1, 0.15) is 27.2 Å². The molecule has 0 aliphatic heterocycles. The van der Waals surface area contributed by atoms with Gasteiger partial charge in [-0.3, -0.25) is 4.79 Å². The maximum absolute atomic E-state index is 12.9. The molecule has 0 rings (SSSR count). The lowest BCUT2D eigenvalue weighted by Crippen LogP contribution is -1.96. The van der Waals surface area contributed by atoms with E-state index in [4.69, 9.17) is 6.42 Å². The van der Waals surface area contributed by atoms with Gasteiger partial charge in [0, 0.05) is 0 Å². The molecule has 0 saturated heterocycles. The van der Waals surface area contributed by atoms with Gasteiger partial charge in [0.05, 0.1) is 5.57 Å². The van der Waals surface area contributed by atoms with Crippen molar-refractivity contribution in [2.75, 3.05) is 0 Å². The fourth-order valence-electron chi connectivity index (χ4n) is 0.746. The van der Waals surface area contributed by atoms with Crippen molar-refractivity contribution in [3.63, 3.8) is 0 Å². The van der Waals surface area contributed by atoms with Crippen molar-refractivity contribution >= 4 is 5.78 Å². The van der Waals surface area contributed by atoms with E-state index in [-0.39, 0.29) is 11.4 Å². The van der Waals surface area contributed by atoms with Gasteiger partial charge in [0.15, 0.2) is 11.6 Å². The van der Waals surface area contributed by atoms with Gasteiger partial charge in [0.1, 0.15) is 0 Å². The van der Waals surface area contributed by atoms with Crippen LogP contribution in [0.5, 0.6) is 0 Å². The summed E-state index contributed by atoms with van der Waals surface area (Å²) in [6, 6.07) is 0. The Morgan fingerprint density at radius 1 is 1.54 bits per heavy atom. The Morgan fingerprint density at radius 2 is 2.08 bits per heavy atom. The van der Waals surface area contributed by atoms with Crippen LogP contribution >= 0.6 is 0 Å². The monoisotopic (exact) mass is 180 g/mol. The van der Waals surface area contributed by atoms with E-state index in [1.807, 2.05) is 19.8 Å². The first-order valence-corrected chi connectivity index (χ1v) is 4.07. The molecular weight excluding hydrogens is 167 g/mol.